The monoisotopic (exact) mass is 354 g/mol. The number of hydrogen-bond donors (Lipinski definition) is 1. The summed E-state index contributed by atoms with van der Waals surface area (Å²) in [5, 5.41) is 0. The van der Waals surface area contributed by atoms with Gasteiger partial charge in [-0.05, 0) is 44.1 Å². The number of nitrogens with zero attached hydrogens (tertiary/aromatic N) is 5. The second-order valence-corrected chi connectivity index (χ2v) is 6.47. The zero-order valence-corrected chi connectivity index (χ0v) is 15.6. The maximum atomic E-state index is 5.98. The summed E-state index contributed by atoms with van der Waals surface area (Å²) in [6, 6.07) is 3.95. The Morgan fingerprint density at radius 3 is 2.85 bits per heavy atom. The first kappa shape index (κ1) is 18.0. The standard InChI is InChI=1S/C19H26N6O/c1-14-12-25(13-24(14)2)16-9-7-15(22-19(16)26-3)8-10-17(20)23-18-6-4-5-11-21-18/h7-10,12H,4-6,11,13H2,1-3H3,(H2,20,21,23)/b10-8+. The van der Waals surface area contributed by atoms with Crippen LogP contribution in [0.15, 0.2) is 40.1 Å². The summed E-state index contributed by atoms with van der Waals surface area (Å²) in [5.41, 5.74) is 8.89. The van der Waals surface area contributed by atoms with E-state index in [9.17, 15) is 0 Å². The summed E-state index contributed by atoms with van der Waals surface area (Å²) < 4.78 is 5.48. The molecular formula is C19H26N6O. The highest BCUT2D eigenvalue weighted by Gasteiger charge is 2.19. The van der Waals surface area contributed by atoms with E-state index in [0.29, 0.717) is 11.7 Å². The number of allylic oxidation sites excluding steroid dienone is 1. The van der Waals surface area contributed by atoms with Gasteiger partial charge in [0, 0.05) is 31.9 Å². The Bertz CT molecular complexity index is 780. The van der Waals surface area contributed by atoms with E-state index < -0.39 is 0 Å². The van der Waals surface area contributed by atoms with Crippen molar-refractivity contribution < 1.29 is 4.74 Å². The highest BCUT2D eigenvalue weighted by molar-refractivity contribution is 6.03. The third-order valence-corrected chi connectivity index (χ3v) is 4.46. The average molecular weight is 354 g/mol. The summed E-state index contributed by atoms with van der Waals surface area (Å²) in [7, 11) is 3.69. The highest BCUT2D eigenvalue weighted by atomic mass is 16.5. The summed E-state index contributed by atoms with van der Waals surface area (Å²) in [5.74, 6) is 1.86. The van der Waals surface area contributed by atoms with Gasteiger partial charge >= 0.3 is 0 Å². The Kier molecular flexibility index (Phi) is 5.55. The molecule has 3 rings (SSSR count). The van der Waals surface area contributed by atoms with E-state index in [1.807, 2.05) is 18.2 Å². The molecule has 26 heavy (non-hydrogen) atoms. The number of methoxy groups -OCH3 is 1. The molecule has 3 heterocycles. The molecule has 2 aliphatic heterocycles. The first-order valence-corrected chi connectivity index (χ1v) is 8.83. The van der Waals surface area contributed by atoms with E-state index in [0.717, 1.165) is 49.7 Å². The molecule has 0 amide bonds. The van der Waals surface area contributed by atoms with Gasteiger partial charge in [0.05, 0.1) is 19.5 Å². The number of ether oxygens (including phenoxy) is 1. The molecule has 7 nitrogen and oxygen atoms in total. The fourth-order valence-corrected chi connectivity index (χ4v) is 2.89. The molecule has 7 heteroatoms. The number of rotatable bonds is 4. The first-order valence-electron chi connectivity index (χ1n) is 8.83. The van der Waals surface area contributed by atoms with Gasteiger partial charge in [0.25, 0.3) is 0 Å². The molecule has 2 N–H and O–H groups in total. The third-order valence-electron chi connectivity index (χ3n) is 4.46. The predicted octanol–water partition coefficient (Wildman–Crippen LogP) is 2.61. The minimum Gasteiger partial charge on any atom is -0.479 e. The third kappa shape index (κ3) is 4.22. The van der Waals surface area contributed by atoms with Crippen LogP contribution in [0.1, 0.15) is 31.9 Å². The zero-order chi connectivity index (χ0) is 18.5. The largest absolute Gasteiger partial charge is 0.479 e. The molecule has 1 aromatic heterocycles. The van der Waals surface area contributed by atoms with E-state index >= 15 is 0 Å². The van der Waals surface area contributed by atoms with Crippen LogP contribution in [-0.4, -0.2) is 48.9 Å². The maximum absolute atomic E-state index is 5.98. The fourth-order valence-electron chi connectivity index (χ4n) is 2.89. The number of pyridine rings is 1. The van der Waals surface area contributed by atoms with Crippen LogP contribution in [0.3, 0.4) is 0 Å². The molecule has 0 atom stereocenters. The molecule has 138 valence electrons. The van der Waals surface area contributed by atoms with Gasteiger partial charge in [-0.25, -0.2) is 9.98 Å². The van der Waals surface area contributed by atoms with Gasteiger partial charge in [-0.2, -0.15) is 0 Å². The van der Waals surface area contributed by atoms with E-state index in [1.54, 1.807) is 13.2 Å². The summed E-state index contributed by atoms with van der Waals surface area (Å²) >= 11 is 0. The van der Waals surface area contributed by atoms with Crippen LogP contribution in [0.5, 0.6) is 5.88 Å². The molecule has 0 aliphatic carbocycles. The van der Waals surface area contributed by atoms with Crippen molar-refractivity contribution in [1.29, 1.82) is 0 Å². The molecule has 0 saturated carbocycles. The second-order valence-electron chi connectivity index (χ2n) is 6.47. The van der Waals surface area contributed by atoms with Crippen molar-refractivity contribution >= 4 is 23.4 Å². The summed E-state index contributed by atoms with van der Waals surface area (Å²) in [4.78, 5) is 17.6. The van der Waals surface area contributed by atoms with Crippen molar-refractivity contribution in [2.75, 3.05) is 32.3 Å². The number of amidine groups is 2. The molecule has 0 spiro atoms. The van der Waals surface area contributed by atoms with Crippen molar-refractivity contribution in [2.45, 2.75) is 26.2 Å². The lowest BCUT2D eigenvalue weighted by Crippen LogP contribution is -2.23. The molecule has 0 aromatic carbocycles. The minimum absolute atomic E-state index is 0.440. The minimum atomic E-state index is 0.440. The number of nitrogens with two attached hydrogens (primary N) is 1. The lowest BCUT2D eigenvalue weighted by Gasteiger charge is -2.20. The smallest absolute Gasteiger partial charge is 0.238 e. The molecule has 0 radical (unpaired) electrons. The van der Waals surface area contributed by atoms with Crippen molar-refractivity contribution in [1.82, 2.24) is 9.88 Å². The van der Waals surface area contributed by atoms with Crippen molar-refractivity contribution in [3.05, 3.63) is 35.8 Å². The SMILES string of the molecule is COc1nc(/C=C/C(N)=NC2=NCCCC2)ccc1N1C=C(C)N(C)C1. The number of aliphatic imine (C=N–C) groups is 2. The van der Waals surface area contributed by atoms with Crippen LogP contribution < -0.4 is 15.4 Å². The normalized spacial score (nSPS) is 18.3. The molecule has 0 bridgehead atoms. The molecule has 1 aromatic rings. The van der Waals surface area contributed by atoms with Crippen LogP contribution in [0.25, 0.3) is 6.08 Å². The molecule has 0 fully saturated rings. The summed E-state index contributed by atoms with van der Waals surface area (Å²) in [6.45, 7) is 3.70. The lowest BCUT2D eigenvalue weighted by atomic mass is 10.2. The van der Waals surface area contributed by atoms with E-state index in [4.69, 9.17) is 10.5 Å². The average Bonchev–Trinajstić information content (AvgIpc) is 2.99. The Morgan fingerprint density at radius 1 is 1.35 bits per heavy atom. The highest BCUT2D eigenvalue weighted by Crippen LogP contribution is 2.30. The van der Waals surface area contributed by atoms with Gasteiger partial charge in [-0.1, -0.05) is 0 Å². The predicted molar refractivity (Wildman–Crippen MR) is 106 cm³/mol. The van der Waals surface area contributed by atoms with Crippen molar-refractivity contribution in [3.8, 4) is 5.88 Å². The Balaban J connectivity index is 1.75. The first-order chi connectivity index (χ1) is 12.6. The lowest BCUT2D eigenvalue weighted by molar-refractivity contribution is 0.395. The van der Waals surface area contributed by atoms with Gasteiger partial charge in [0.15, 0.2) is 0 Å². The van der Waals surface area contributed by atoms with Gasteiger partial charge < -0.3 is 20.3 Å². The topological polar surface area (TPSA) is 79.3 Å². The molecule has 0 saturated heterocycles. The number of hydrogen-bond acceptors (Lipinski definition) is 6. The van der Waals surface area contributed by atoms with Gasteiger partial charge in [0.1, 0.15) is 17.4 Å². The van der Waals surface area contributed by atoms with E-state index in [1.165, 1.54) is 5.70 Å². The number of aromatic nitrogens is 1. The van der Waals surface area contributed by atoms with Crippen molar-refractivity contribution in [3.63, 3.8) is 0 Å². The van der Waals surface area contributed by atoms with Gasteiger partial charge in [-0.3, -0.25) is 4.99 Å². The molecule has 2 aliphatic rings. The van der Waals surface area contributed by atoms with E-state index in [2.05, 4.69) is 44.9 Å². The van der Waals surface area contributed by atoms with Gasteiger partial charge in [-0.15, -0.1) is 0 Å². The zero-order valence-electron chi connectivity index (χ0n) is 15.6. The Hall–Kier alpha value is -2.83. The van der Waals surface area contributed by atoms with Crippen LogP contribution in [0.4, 0.5) is 5.69 Å². The molecule has 0 unspecified atom stereocenters. The fraction of sp³-hybridized carbons (Fsp3) is 0.421. The van der Waals surface area contributed by atoms with Crippen LogP contribution in [-0.2, 0) is 0 Å². The Labute approximate surface area is 154 Å². The van der Waals surface area contributed by atoms with Gasteiger partial charge in [0.2, 0.25) is 5.88 Å². The maximum Gasteiger partial charge on any atom is 0.238 e. The number of anilines is 1. The Morgan fingerprint density at radius 2 is 2.19 bits per heavy atom. The van der Waals surface area contributed by atoms with Crippen molar-refractivity contribution in [2.24, 2.45) is 15.7 Å². The van der Waals surface area contributed by atoms with Crippen LogP contribution >= 0.6 is 0 Å². The van der Waals surface area contributed by atoms with E-state index in [-0.39, 0.29) is 0 Å². The van der Waals surface area contributed by atoms with Crippen LogP contribution in [0, 0.1) is 0 Å². The summed E-state index contributed by atoms with van der Waals surface area (Å²) in [6.07, 6.45) is 8.83. The van der Waals surface area contributed by atoms with Crippen LogP contribution in [0.2, 0.25) is 0 Å². The second kappa shape index (κ2) is 8.03. The quantitative estimate of drug-likeness (QED) is 0.664. The molecular weight excluding hydrogens is 328 g/mol.